The molecule has 0 unspecified atom stereocenters. The summed E-state index contributed by atoms with van der Waals surface area (Å²) >= 11 is 5.57. The third-order valence-corrected chi connectivity index (χ3v) is 1.78. The van der Waals surface area contributed by atoms with Crippen molar-refractivity contribution in [1.82, 2.24) is 0 Å². The van der Waals surface area contributed by atoms with Crippen molar-refractivity contribution in [3.05, 3.63) is 34.9 Å². The molecule has 0 radical (unpaired) electrons. The zero-order valence-electron chi connectivity index (χ0n) is 6.58. The lowest BCUT2D eigenvalue weighted by Gasteiger charge is -2.09. The molecule has 1 nitrogen and oxygen atoms in total. The minimum Gasteiger partial charge on any atom is -0.319 e. The number of halogens is 4. The third-order valence-electron chi connectivity index (χ3n) is 1.53. The summed E-state index contributed by atoms with van der Waals surface area (Å²) in [5.74, 6) is 0. The first kappa shape index (κ1) is 12.6. The second-order valence-electron chi connectivity index (χ2n) is 2.41. The van der Waals surface area contributed by atoms with Gasteiger partial charge in [0.2, 0.25) is 0 Å². The van der Waals surface area contributed by atoms with Gasteiger partial charge in [0.05, 0.1) is 6.04 Å². The van der Waals surface area contributed by atoms with Gasteiger partial charge in [-0.3, -0.25) is 0 Å². The second kappa shape index (κ2) is 5.37. The molecule has 13 heavy (non-hydrogen) atoms. The quantitative estimate of drug-likeness (QED) is 0.827. The van der Waals surface area contributed by atoms with Crippen molar-refractivity contribution in [1.29, 1.82) is 0 Å². The van der Waals surface area contributed by atoms with E-state index in [2.05, 4.69) is 0 Å². The van der Waals surface area contributed by atoms with E-state index in [0.29, 0.717) is 10.6 Å². The van der Waals surface area contributed by atoms with Crippen LogP contribution in [-0.2, 0) is 0 Å². The van der Waals surface area contributed by atoms with Crippen LogP contribution in [0.3, 0.4) is 0 Å². The summed E-state index contributed by atoms with van der Waals surface area (Å²) in [6.45, 7) is 0. The maximum atomic E-state index is 12.1. The maximum absolute atomic E-state index is 12.1. The van der Waals surface area contributed by atoms with Crippen molar-refractivity contribution in [2.45, 2.75) is 12.5 Å². The Bertz CT molecular complexity index is 251. The van der Waals surface area contributed by atoms with Gasteiger partial charge in [-0.25, -0.2) is 8.78 Å². The van der Waals surface area contributed by atoms with E-state index in [1.807, 2.05) is 0 Å². The van der Waals surface area contributed by atoms with Crippen LogP contribution in [0.1, 0.15) is 11.6 Å². The van der Waals surface area contributed by atoms with Gasteiger partial charge in [-0.2, -0.15) is 0 Å². The van der Waals surface area contributed by atoms with Crippen LogP contribution in [0, 0.1) is 0 Å². The number of nitrogens with two attached hydrogens (primary N) is 1. The van der Waals surface area contributed by atoms with Crippen LogP contribution in [0.2, 0.25) is 5.02 Å². The number of alkyl halides is 2. The highest BCUT2D eigenvalue weighted by atomic mass is 35.5. The molecule has 0 spiro atoms. The molecule has 0 amide bonds. The standard InChI is InChI=1S/C8H8ClF2N.ClH/c9-6-3-1-5(2-4-6)7(12)8(10)11;/h1-4,7-8H,12H2;1H/t7-;/m1./s1. The molecular weight excluding hydrogens is 219 g/mol. The van der Waals surface area contributed by atoms with E-state index in [4.69, 9.17) is 17.3 Å². The van der Waals surface area contributed by atoms with Crippen molar-refractivity contribution in [2.24, 2.45) is 5.73 Å². The molecule has 1 rings (SSSR count). The summed E-state index contributed by atoms with van der Waals surface area (Å²) in [5, 5.41) is 0.514. The molecule has 0 heterocycles. The van der Waals surface area contributed by atoms with E-state index in [-0.39, 0.29) is 12.4 Å². The Hall–Kier alpha value is -0.380. The molecule has 0 saturated heterocycles. The van der Waals surface area contributed by atoms with Crippen LogP contribution >= 0.6 is 24.0 Å². The van der Waals surface area contributed by atoms with Crippen LogP contribution < -0.4 is 5.73 Å². The molecule has 0 bridgehead atoms. The minimum absolute atomic E-state index is 0. The molecule has 74 valence electrons. The Balaban J connectivity index is 0.00000144. The number of hydrogen-bond donors (Lipinski definition) is 1. The molecule has 0 saturated carbocycles. The first-order valence-electron chi connectivity index (χ1n) is 3.40. The molecule has 1 aromatic carbocycles. The molecule has 1 aromatic rings. The highest BCUT2D eigenvalue weighted by Crippen LogP contribution is 2.19. The van der Waals surface area contributed by atoms with Crippen molar-refractivity contribution >= 4 is 24.0 Å². The molecule has 2 N–H and O–H groups in total. The Morgan fingerprint density at radius 3 is 2.00 bits per heavy atom. The van der Waals surface area contributed by atoms with E-state index in [1.54, 1.807) is 12.1 Å². The predicted octanol–water partition coefficient (Wildman–Crippen LogP) is 3.03. The Morgan fingerprint density at radius 1 is 1.15 bits per heavy atom. The second-order valence-corrected chi connectivity index (χ2v) is 2.85. The highest BCUT2D eigenvalue weighted by Gasteiger charge is 2.16. The lowest BCUT2D eigenvalue weighted by Crippen LogP contribution is -2.18. The lowest BCUT2D eigenvalue weighted by atomic mass is 10.1. The number of hydrogen-bond acceptors (Lipinski definition) is 1. The van der Waals surface area contributed by atoms with E-state index < -0.39 is 12.5 Å². The summed E-state index contributed by atoms with van der Waals surface area (Å²) in [4.78, 5) is 0. The van der Waals surface area contributed by atoms with Gasteiger partial charge in [0, 0.05) is 5.02 Å². The van der Waals surface area contributed by atoms with Gasteiger partial charge in [0.15, 0.2) is 0 Å². The largest absolute Gasteiger partial charge is 0.319 e. The average Bonchev–Trinajstić information content (AvgIpc) is 2.04. The number of rotatable bonds is 2. The first-order chi connectivity index (χ1) is 5.61. The maximum Gasteiger partial charge on any atom is 0.257 e. The molecular formula is C8H9Cl2F2N. The third kappa shape index (κ3) is 3.46. The summed E-state index contributed by atoms with van der Waals surface area (Å²) in [6.07, 6.45) is -2.54. The summed E-state index contributed by atoms with van der Waals surface area (Å²) in [7, 11) is 0. The summed E-state index contributed by atoms with van der Waals surface area (Å²) in [5.41, 5.74) is 5.59. The smallest absolute Gasteiger partial charge is 0.257 e. The molecule has 5 heteroatoms. The average molecular weight is 228 g/mol. The van der Waals surface area contributed by atoms with Gasteiger partial charge in [0.25, 0.3) is 6.43 Å². The Kier molecular flexibility index (Phi) is 5.21. The summed E-state index contributed by atoms with van der Waals surface area (Å²) in [6, 6.07) is 4.86. The highest BCUT2D eigenvalue weighted by molar-refractivity contribution is 6.30. The minimum atomic E-state index is -2.54. The zero-order valence-corrected chi connectivity index (χ0v) is 8.16. The Morgan fingerprint density at radius 2 is 1.62 bits per heavy atom. The van der Waals surface area contributed by atoms with Crippen molar-refractivity contribution in [3.63, 3.8) is 0 Å². The van der Waals surface area contributed by atoms with Crippen molar-refractivity contribution in [3.8, 4) is 0 Å². The van der Waals surface area contributed by atoms with Crippen LogP contribution in [0.25, 0.3) is 0 Å². The van der Waals surface area contributed by atoms with E-state index in [1.165, 1.54) is 12.1 Å². The van der Waals surface area contributed by atoms with E-state index in [9.17, 15) is 8.78 Å². The fourth-order valence-corrected chi connectivity index (χ4v) is 0.956. The topological polar surface area (TPSA) is 26.0 Å². The van der Waals surface area contributed by atoms with Gasteiger partial charge in [-0.15, -0.1) is 12.4 Å². The zero-order chi connectivity index (χ0) is 9.14. The summed E-state index contributed by atoms with van der Waals surface area (Å²) < 4.78 is 24.1. The van der Waals surface area contributed by atoms with Crippen molar-refractivity contribution in [2.75, 3.05) is 0 Å². The Labute approximate surface area is 86.3 Å². The molecule has 0 aliphatic heterocycles. The number of benzene rings is 1. The van der Waals surface area contributed by atoms with Gasteiger partial charge < -0.3 is 5.73 Å². The van der Waals surface area contributed by atoms with Crippen LogP contribution in [0.5, 0.6) is 0 Å². The predicted molar refractivity (Wildman–Crippen MR) is 51.6 cm³/mol. The fraction of sp³-hybridized carbons (Fsp3) is 0.250. The lowest BCUT2D eigenvalue weighted by molar-refractivity contribution is 0.116. The first-order valence-corrected chi connectivity index (χ1v) is 3.78. The molecule has 0 aromatic heterocycles. The van der Waals surface area contributed by atoms with E-state index in [0.717, 1.165) is 0 Å². The van der Waals surface area contributed by atoms with Gasteiger partial charge in [-0.1, -0.05) is 23.7 Å². The normalized spacial score (nSPS) is 12.4. The fourth-order valence-electron chi connectivity index (χ4n) is 0.830. The monoisotopic (exact) mass is 227 g/mol. The molecule has 0 fully saturated rings. The molecule has 1 atom stereocenters. The van der Waals surface area contributed by atoms with Crippen LogP contribution in [0.15, 0.2) is 24.3 Å². The van der Waals surface area contributed by atoms with Crippen LogP contribution in [0.4, 0.5) is 8.78 Å². The van der Waals surface area contributed by atoms with Gasteiger partial charge in [-0.05, 0) is 17.7 Å². The van der Waals surface area contributed by atoms with E-state index >= 15 is 0 Å². The molecule has 0 aliphatic carbocycles. The SMILES string of the molecule is Cl.N[C@H](c1ccc(Cl)cc1)C(F)F. The van der Waals surface area contributed by atoms with Crippen LogP contribution in [-0.4, -0.2) is 6.43 Å². The molecule has 0 aliphatic rings. The van der Waals surface area contributed by atoms with Gasteiger partial charge >= 0.3 is 0 Å². The van der Waals surface area contributed by atoms with Crippen molar-refractivity contribution < 1.29 is 8.78 Å². The van der Waals surface area contributed by atoms with Gasteiger partial charge in [0.1, 0.15) is 0 Å².